The number of nitrogens with zero attached hydrogens (tertiary/aromatic N) is 2. The second kappa shape index (κ2) is 6.48. The molecule has 4 aromatic rings. The van der Waals surface area contributed by atoms with Gasteiger partial charge in [0.05, 0.1) is 17.6 Å². The van der Waals surface area contributed by atoms with Crippen LogP contribution in [0.25, 0.3) is 21.7 Å². The summed E-state index contributed by atoms with van der Waals surface area (Å²) in [5, 5.41) is 9.21. The SMILES string of the molecule is CC(NC(=O)Cn1ncc2ccccc2c1=O)c1cc2ccccc2o1. The fraction of sp³-hybridized carbons (Fsp3) is 0.150. The molecule has 0 bridgehead atoms. The number of amides is 1. The summed E-state index contributed by atoms with van der Waals surface area (Å²) in [7, 11) is 0. The first-order valence-electron chi connectivity index (χ1n) is 8.34. The van der Waals surface area contributed by atoms with E-state index in [-0.39, 0.29) is 24.1 Å². The molecule has 1 atom stereocenters. The van der Waals surface area contributed by atoms with Crippen molar-refractivity contribution in [1.82, 2.24) is 15.1 Å². The molecule has 130 valence electrons. The van der Waals surface area contributed by atoms with Crippen LogP contribution in [-0.4, -0.2) is 15.7 Å². The number of nitrogens with one attached hydrogen (secondary N) is 1. The minimum Gasteiger partial charge on any atom is -0.459 e. The molecule has 26 heavy (non-hydrogen) atoms. The summed E-state index contributed by atoms with van der Waals surface area (Å²) in [4.78, 5) is 24.8. The second-order valence-electron chi connectivity index (χ2n) is 6.17. The van der Waals surface area contributed by atoms with Gasteiger partial charge in [0.15, 0.2) is 0 Å². The first-order valence-corrected chi connectivity index (χ1v) is 8.34. The molecular formula is C20H17N3O3. The monoisotopic (exact) mass is 347 g/mol. The van der Waals surface area contributed by atoms with E-state index in [9.17, 15) is 9.59 Å². The average Bonchev–Trinajstić information content (AvgIpc) is 3.09. The van der Waals surface area contributed by atoms with E-state index in [0.717, 1.165) is 16.4 Å². The van der Waals surface area contributed by atoms with E-state index in [4.69, 9.17) is 4.42 Å². The molecule has 6 heteroatoms. The molecule has 4 rings (SSSR count). The molecule has 2 aromatic carbocycles. The van der Waals surface area contributed by atoms with Crippen LogP contribution in [0.1, 0.15) is 18.7 Å². The average molecular weight is 347 g/mol. The van der Waals surface area contributed by atoms with Crippen molar-refractivity contribution in [2.45, 2.75) is 19.5 Å². The van der Waals surface area contributed by atoms with Crippen LogP contribution in [0.3, 0.4) is 0 Å². The number of aromatic nitrogens is 2. The van der Waals surface area contributed by atoms with Gasteiger partial charge in [-0.3, -0.25) is 9.59 Å². The molecule has 0 fully saturated rings. The molecule has 1 N–H and O–H groups in total. The topological polar surface area (TPSA) is 77.1 Å². The van der Waals surface area contributed by atoms with E-state index in [2.05, 4.69) is 10.4 Å². The summed E-state index contributed by atoms with van der Waals surface area (Å²) in [6, 6.07) is 16.4. The number of carbonyl (C=O) groups excluding carboxylic acids is 1. The van der Waals surface area contributed by atoms with Gasteiger partial charge in [-0.25, -0.2) is 4.68 Å². The number of benzene rings is 2. The van der Waals surface area contributed by atoms with Gasteiger partial charge in [-0.2, -0.15) is 5.10 Å². The van der Waals surface area contributed by atoms with Crippen molar-refractivity contribution in [1.29, 1.82) is 0 Å². The predicted molar refractivity (Wildman–Crippen MR) is 98.8 cm³/mol. The number of fused-ring (bicyclic) bond motifs is 2. The highest BCUT2D eigenvalue weighted by Gasteiger charge is 2.15. The highest BCUT2D eigenvalue weighted by molar-refractivity contribution is 5.81. The normalized spacial score (nSPS) is 12.3. The van der Waals surface area contributed by atoms with Crippen LogP contribution < -0.4 is 10.9 Å². The van der Waals surface area contributed by atoms with Gasteiger partial charge in [0.25, 0.3) is 5.56 Å². The lowest BCUT2D eigenvalue weighted by Gasteiger charge is -2.12. The lowest BCUT2D eigenvalue weighted by molar-refractivity contribution is -0.122. The van der Waals surface area contributed by atoms with E-state index in [0.29, 0.717) is 11.1 Å². The molecule has 0 saturated carbocycles. The smallest absolute Gasteiger partial charge is 0.275 e. The number of hydrogen-bond acceptors (Lipinski definition) is 4. The maximum atomic E-state index is 12.4. The zero-order valence-electron chi connectivity index (χ0n) is 14.2. The van der Waals surface area contributed by atoms with Crippen LogP contribution in [0, 0.1) is 0 Å². The zero-order chi connectivity index (χ0) is 18.1. The highest BCUT2D eigenvalue weighted by Crippen LogP contribution is 2.23. The van der Waals surface area contributed by atoms with Crippen LogP contribution in [0.4, 0.5) is 0 Å². The fourth-order valence-corrected chi connectivity index (χ4v) is 2.95. The minimum atomic E-state index is -0.314. The molecule has 0 saturated heterocycles. The fourth-order valence-electron chi connectivity index (χ4n) is 2.95. The summed E-state index contributed by atoms with van der Waals surface area (Å²) in [5.74, 6) is 0.362. The second-order valence-corrected chi connectivity index (χ2v) is 6.17. The van der Waals surface area contributed by atoms with Crippen molar-refractivity contribution in [3.8, 4) is 0 Å². The Labute approximate surface area is 149 Å². The van der Waals surface area contributed by atoms with Gasteiger partial charge in [0, 0.05) is 10.8 Å². The van der Waals surface area contributed by atoms with Gasteiger partial charge < -0.3 is 9.73 Å². The summed E-state index contributed by atoms with van der Waals surface area (Å²) >= 11 is 0. The lowest BCUT2D eigenvalue weighted by atomic mass is 10.2. The predicted octanol–water partition coefficient (Wildman–Crippen LogP) is 3.02. The molecule has 1 amide bonds. The quantitative estimate of drug-likeness (QED) is 0.616. The van der Waals surface area contributed by atoms with Crippen molar-refractivity contribution >= 4 is 27.6 Å². The summed E-state index contributed by atoms with van der Waals surface area (Å²) in [6.45, 7) is 1.69. The Bertz CT molecular complexity index is 1130. The first-order chi connectivity index (χ1) is 12.6. The molecule has 0 aliphatic rings. The van der Waals surface area contributed by atoms with Gasteiger partial charge in [-0.15, -0.1) is 0 Å². The van der Waals surface area contributed by atoms with Crippen LogP contribution in [0.5, 0.6) is 0 Å². The number of rotatable bonds is 4. The molecule has 2 heterocycles. The van der Waals surface area contributed by atoms with E-state index < -0.39 is 0 Å². The molecule has 0 spiro atoms. The zero-order valence-corrected chi connectivity index (χ0v) is 14.2. The van der Waals surface area contributed by atoms with Crippen molar-refractivity contribution in [2.24, 2.45) is 0 Å². The number of para-hydroxylation sites is 1. The number of furan rings is 1. The van der Waals surface area contributed by atoms with Crippen LogP contribution >= 0.6 is 0 Å². The lowest BCUT2D eigenvalue weighted by Crippen LogP contribution is -2.34. The molecule has 1 unspecified atom stereocenters. The van der Waals surface area contributed by atoms with E-state index in [1.807, 2.05) is 49.4 Å². The standard InChI is InChI=1S/C20H17N3O3/c1-13(18-10-14-6-3-5-9-17(14)26-18)22-19(24)12-23-20(25)16-8-4-2-7-15(16)11-21-23/h2-11,13H,12H2,1H3,(H,22,24). The number of carbonyl (C=O) groups is 1. The van der Waals surface area contributed by atoms with Gasteiger partial charge in [0.2, 0.25) is 5.91 Å². The molecule has 0 aliphatic carbocycles. The van der Waals surface area contributed by atoms with Gasteiger partial charge in [-0.1, -0.05) is 36.4 Å². The van der Waals surface area contributed by atoms with E-state index in [1.54, 1.807) is 18.3 Å². The Hall–Kier alpha value is -3.41. The van der Waals surface area contributed by atoms with Crippen LogP contribution in [0.15, 0.2) is 70.0 Å². The first kappa shape index (κ1) is 16.1. The van der Waals surface area contributed by atoms with Crippen molar-refractivity contribution in [2.75, 3.05) is 0 Å². The Morgan fingerprint density at radius 3 is 2.69 bits per heavy atom. The number of hydrogen-bond donors (Lipinski definition) is 1. The highest BCUT2D eigenvalue weighted by atomic mass is 16.3. The molecule has 0 radical (unpaired) electrons. The Morgan fingerprint density at radius 2 is 1.88 bits per heavy atom. The van der Waals surface area contributed by atoms with Crippen molar-refractivity contribution < 1.29 is 9.21 Å². The summed E-state index contributed by atoms with van der Waals surface area (Å²) < 4.78 is 6.93. The Morgan fingerprint density at radius 1 is 1.15 bits per heavy atom. The van der Waals surface area contributed by atoms with Gasteiger partial charge in [-0.05, 0) is 25.1 Å². The summed E-state index contributed by atoms with van der Waals surface area (Å²) in [5.41, 5.74) is 0.491. The van der Waals surface area contributed by atoms with Crippen LogP contribution in [0.2, 0.25) is 0 Å². The van der Waals surface area contributed by atoms with Gasteiger partial charge in [0.1, 0.15) is 17.9 Å². The Balaban J connectivity index is 1.51. The third-order valence-electron chi connectivity index (χ3n) is 4.30. The maximum absolute atomic E-state index is 12.4. The van der Waals surface area contributed by atoms with Crippen LogP contribution in [-0.2, 0) is 11.3 Å². The third-order valence-corrected chi connectivity index (χ3v) is 4.30. The molecule has 2 aromatic heterocycles. The minimum absolute atomic E-state index is 0.145. The molecular weight excluding hydrogens is 330 g/mol. The summed E-state index contributed by atoms with van der Waals surface area (Å²) in [6.07, 6.45) is 1.59. The molecule has 6 nitrogen and oxygen atoms in total. The van der Waals surface area contributed by atoms with E-state index in [1.165, 1.54) is 4.68 Å². The van der Waals surface area contributed by atoms with E-state index >= 15 is 0 Å². The van der Waals surface area contributed by atoms with Crippen molar-refractivity contribution in [3.05, 3.63) is 76.9 Å². The van der Waals surface area contributed by atoms with Crippen molar-refractivity contribution in [3.63, 3.8) is 0 Å². The van der Waals surface area contributed by atoms with Gasteiger partial charge >= 0.3 is 0 Å². The third kappa shape index (κ3) is 2.97. The molecule has 0 aliphatic heterocycles. The largest absolute Gasteiger partial charge is 0.459 e. The maximum Gasteiger partial charge on any atom is 0.275 e. The Kier molecular flexibility index (Phi) is 4.01.